The van der Waals surface area contributed by atoms with E-state index in [1.165, 1.54) is 23.5 Å². The summed E-state index contributed by atoms with van der Waals surface area (Å²) in [5, 5.41) is 16.0. The van der Waals surface area contributed by atoms with Gasteiger partial charge in [-0.25, -0.2) is 0 Å². The summed E-state index contributed by atoms with van der Waals surface area (Å²) in [5.74, 6) is -0.160. The molecular formula is C22H21ClN4O3S2. The molecule has 166 valence electrons. The molecule has 1 aromatic heterocycles. The molecule has 1 aliphatic heterocycles. The Labute approximate surface area is 199 Å². The number of carbonyl (C=O) groups excluding carboxylic acids is 1. The lowest BCUT2D eigenvalue weighted by Crippen LogP contribution is -2.51. The number of non-ortho nitro benzene ring substituents is 1. The Morgan fingerprint density at radius 1 is 1.09 bits per heavy atom. The molecule has 0 atom stereocenters. The summed E-state index contributed by atoms with van der Waals surface area (Å²) < 4.78 is 0.630. The van der Waals surface area contributed by atoms with E-state index >= 15 is 0 Å². The maximum absolute atomic E-state index is 13.1. The third-order valence-corrected chi connectivity index (χ3v) is 7.35. The standard InChI is InChI=1S/C22H21ClN4O3S2/c1-13-9-14(2)11-15(10-13)24-22(31)26-7-5-25(6-8-26)21(28)20-19(23)17-4-3-16(27(29)30)12-18(17)32-20/h3-4,9-12H,5-8H2,1-2H3,(H,24,31). The number of halogens is 1. The molecule has 4 rings (SSSR count). The number of hydrogen-bond donors (Lipinski definition) is 1. The van der Waals surface area contributed by atoms with Crippen LogP contribution in [0.25, 0.3) is 10.1 Å². The van der Waals surface area contributed by atoms with Gasteiger partial charge in [-0.05, 0) is 55.4 Å². The predicted molar refractivity (Wildman–Crippen MR) is 133 cm³/mol. The molecule has 0 radical (unpaired) electrons. The molecule has 2 aromatic carbocycles. The molecular weight excluding hydrogens is 468 g/mol. The number of nitrogens with one attached hydrogen (secondary N) is 1. The minimum Gasteiger partial charge on any atom is -0.345 e. The number of piperazine rings is 1. The highest BCUT2D eigenvalue weighted by Gasteiger charge is 2.27. The Bertz CT molecular complexity index is 1220. The number of nitro groups is 1. The summed E-state index contributed by atoms with van der Waals surface area (Å²) in [6, 6.07) is 10.7. The van der Waals surface area contributed by atoms with Crippen molar-refractivity contribution in [3.05, 3.63) is 67.5 Å². The van der Waals surface area contributed by atoms with Crippen LogP contribution in [-0.2, 0) is 0 Å². The highest BCUT2D eigenvalue weighted by Crippen LogP contribution is 2.38. The molecule has 1 aliphatic rings. The van der Waals surface area contributed by atoms with Gasteiger partial charge in [0, 0.05) is 54.1 Å². The van der Waals surface area contributed by atoms with E-state index in [1.807, 2.05) is 30.9 Å². The number of carbonyl (C=O) groups is 1. The van der Waals surface area contributed by atoms with Crippen molar-refractivity contribution in [3.63, 3.8) is 0 Å². The summed E-state index contributed by atoms with van der Waals surface area (Å²) >= 11 is 13.2. The molecule has 0 bridgehead atoms. The van der Waals surface area contributed by atoms with E-state index in [4.69, 9.17) is 23.8 Å². The van der Waals surface area contributed by atoms with E-state index in [9.17, 15) is 14.9 Å². The molecule has 1 saturated heterocycles. The number of nitrogens with zero attached hydrogens (tertiary/aromatic N) is 3. The molecule has 0 aliphatic carbocycles. The average molecular weight is 489 g/mol. The quantitative estimate of drug-likeness (QED) is 0.309. The molecule has 1 amide bonds. The van der Waals surface area contributed by atoms with E-state index in [-0.39, 0.29) is 11.6 Å². The first-order valence-electron chi connectivity index (χ1n) is 10.0. The lowest BCUT2D eigenvalue weighted by molar-refractivity contribution is -0.384. The minimum absolute atomic E-state index is 0.0205. The van der Waals surface area contributed by atoms with Crippen LogP contribution in [0.1, 0.15) is 20.8 Å². The third-order valence-electron chi connectivity index (χ3n) is 5.35. The van der Waals surface area contributed by atoms with Crippen molar-refractivity contribution >= 4 is 67.6 Å². The van der Waals surface area contributed by atoms with Crippen LogP contribution in [0, 0.1) is 24.0 Å². The summed E-state index contributed by atoms with van der Waals surface area (Å²) in [6.07, 6.45) is 0. The summed E-state index contributed by atoms with van der Waals surface area (Å²) in [5.41, 5.74) is 3.26. The van der Waals surface area contributed by atoms with E-state index in [0.717, 1.165) is 16.8 Å². The largest absolute Gasteiger partial charge is 0.345 e. The van der Waals surface area contributed by atoms with E-state index in [0.29, 0.717) is 51.3 Å². The Kier molecular flexibility index (Phi) is 6.32. The molecule has 0 unspecified atom stereocenters. The average Bonchev–Trinajstić information content (AvgIpc) is 3.08. The SMILES string of the molecule is Cc1cc(C)cc(NC(=S)N2CCN(C(=O)c3sc4cc([N+](=O)[O-])ccc4c3Cl)CC2)c1. The molecule has 0 spiro atoms. The molecule has 1 fully saturated rings. The molecule has 3 aromatic rings. The number of fused-ring (bicyclic) bond motifs is 1. The van der Waals surface area contributed by atoms with Gasteiger partial charge in [0.25, 0.3) is 11.6 Å². The van der Waals surface area contributed by atoms with Crippen LogP contribution in [0.2, 0.25) is 5.02 Å². The lowest BCUT2D eigenvalue weighted by atomic mass is 10.1. The second-order valence-corrected chi connectivity index (χ2v) is 9.59. The number of anilines is 1. The first kappa shape index (κ1) is 22.4. The number of aryl methyl sites for hydroxylation is 2. The molecule has 2 heterocycles. The van der Waals surface area contributed by atoms with Gasteiger partial charge in [-0.2, -0.15) is 0 Å². The molecule has 1 N–H and O–H groups in total. The zero-order valence-corrected chi connectivity index (χ0v) is 19.9. The highest BCUT2D eigenvalue weighted by molar-refractivity contribution is 7.80. The Morgan fingerprint density at radius 2 is 1.72 bits per heavy atom. The topological polar surface area (TPSA) is 78.7 Å². The van der Waals surface area contributed by atoms with Gasteiger partial charge in [0.15, 0.2) is 5.11 Å². The first-order chi connectivity index (χ1) is 15.2. The highest BCUT2D eigenvalue weighted by atomic mass is 35.5. The monoisotopic (exact) mass is 488 g/mol. The van der Waals surface area contributed by atoms with E-state index in [1.54, 1.807) is 11.0 Å². The van der Waals surface area contributed by atoms with Crippen molar-refractivity contribution in [2.75, 3.05) is 31.5 Å². The number of nitro benzene ring substituents is 1. The summed E-state index contributed by atoms with van der Waals surface area (Å²) in [6.45, 7) is 6.33. The Morgan fingerprint density at radius 3 is 2.34 bits per heavy atom. The number of thiocarbonyl (C=S) groups is 1. The fourth-order valence-electron chi connectivity index (χ4n) is 3.81. The van der Waals surface area contributed by atoms with Gasteiger partial charge in [-0.15, -0.1) is 11.3 Å². The van der Waals surface area contributed by atoms with Crippen LogP contribution < -0.4 is 5.32 Å². The van der Waals surface area contributed by atoms with Crippen LogP contribution in [-0.4, -0.2) is 51.9 Å². The van der Waals surface area contributed by atoms with Crippen molar-refractivity contribution in [2.24, 2.45) is 0 Å². The maximum atomic E-state index is 13.1. The minimum atomic E-state index is -0.456. The van der Waals surface area contributed by atoms with Crippen LogP contribution in [0.5, 0.6) is 0 Å². The Hall–Kier alpha value is -2.75. The molecule has 7 nitrogen and oxygen atoms in total. The van der Waals surface area contributed by atoms with Crippen molar-refractivity contribution in [1.29, 1.82) is 0 Å². The number of rotatable bonds is 3. The smallest absolute Gasteiger partial charge is 0.270 e. The molecule has 32 heavy (non-hydrogen) atoms. The maximum Gasteiger partial charge on any atom is 0.270 e. The van der Waals surface area contributed by atoms with Crippen LogP contribution >= 0.6 is 35.2 Å². The normalized spacial score (nSPS) is 14.0. The Balaban J connectivity index is 1.42. The number of hydrogen-bond acceptors (Lipinski definition) is 5. The fraction of sp³-hybridized carbons (Fsp3) is 0.273. The van der Waals surface area contributed by atoms with Gasteiger partial charge >= 0.3 is 0 Å². The van der Waals surface area contributed by atoms with E-state index in [2.05, 4.69) is 11.4 Å². The second kappa shape index (κ2) is 9.01. The lowest BCUT2D eigenvalue weighted by Gasteiger charge is -2.36. The van der Waals surface area contributed by atoms with Crippen molar-refractivity contribution in [1.82, 2.24) is 9.80 Å². The van der Waals surface area contributed by atoms with Gasteiger partial charge in [0.2, 0.25) is 0 Å². The fourth-order valence-corrected chi connectivity index (χ4v) is 5.62. The van der Waals surface area contributed by atoms with Gasteiger partial charge in [0.05, 0.1) is 9.95 Å². The third kappa shape index (κ3) is 4.55. The number of benzene rings is 2. The zero-order valence-electron chi connectivity index (χ0n) is 17.6. The first-order valence-corrected chi connectivity index (χ1v) is 11.6. The predicted octanol–water partition coefficient (Wildman–Crippen LogP) is 5.23. The van der Waals surface area contributed by atoms with Crippen LogP contribution in [0.15, 0.2) is 36.4 Å². The van der Waals surface area contributed by atoms with Crippen LogP contribution in [0.4, 0.5) is 11.4 Å². The zero-order chi connectivity index (χ0) is 23.0. The summed E-state index contributed by atoms with van der Waals surface area (Å²) in [4.78, 5) is 27.9. The van der Waals surface area contributed by atoms with Crippen molar-refractivity contribution in [2.45, 2.75) is 13.8 Å². The van der Waals surface area contributed by atoms with Crippen molar-refractivity contribution < 1.29 is 9.72 Å². The number of thiophene rings is 1. The molecule has 0 saturated carbocycles. The number of amides is 1. The molecule has 10 heteroatoms. The van der Waals surface area contributed by atoms with Crippen molar-refractivity contribution in [3.8, 4) is 0 Å². The van der Waals surface area contributed by atoms with Gasteiger partial charge < -0.3 is 15.1 Å². The van der Waals surface area contributed by atoms with Gasteiger partial charge in [0.1, 0.15) is 4.88 Å². The van der Waals surface area contributed by atoms with Crippen LogP contribution in [0.3, 0.4) is 0 Å². The van der Waals surface area contributed by atoms with Gasteiger partial charge in [-0.3, -0.25) is 14.9 Å². The second-order valence-electron chi connectivity index (χ2n) is 7.77. The summed E-state index contributed by atoms with van der Waals surface area (Å²) in [7, 11) is 0. The van der Waals surface area contributed by atoms with Gasteiger partial charge in [-0.1, -0.05) is 17.7 Å². The van der Waals surface area contributed by atoms with E-state index < -0.39 is 4.92 Å².